The number of rotatable bonds is 3. The van der Waals surface area contributed by atoms with Gasteiger partial charge in [0.2, 0.25) is 0 Å². The number of aliphatic hydroxyl groups is 2. The first-order valence-electron chi connectivity index (χ1n) is 5.76. The molecule has 1 aliphatic carbocycles. The first kappa shape index (κ1) is 13.9. The van der Waals surface area contributed by atoms with Crippen molar-refractivity contribution in [1.29, 1.82) is 0 Å². The van der Waals surface area contributed by atoms with E-state index in [2.05, 4.69) is 0 Å². The molecule has 1 saturated carbocycles. The second-order valence-corrected chi connectivity index (χ2v) is 4.73. The molecule has 0 spiro atoms. The van der Waals surface area contributed by atoms with Crippen molar-refractivity contribution in [3.05, 3.63) is 32.6 Å². The average Bonchev–Trinajstić information content (AvgIpc) is 2.33. The number of alkyl halides is 2. The number of halogens is 2. The van der Waals surface area contributed by atoms with Crippen LogP contribution in [0.15, 0.2) is 15.8 Å². The Labute approximate surface area is 106 Å². The molecule has 0 bridgehead atoms. The summed E-state index contributed by atoms with van der Waals surface area (Å²) < 4.78 is 28.5. The molecule has 1 heterocycles. The number of aromatic nitrogens is 2. The van der Waals surface area contributed by atoms with Crippen LogP contribution in [-0.4, -0.2) is 38.9 Å². The first-order valence-corrected chi connectivity index (χ1v) is 5.76. The highest BCUT2D eigenvalue weighted by Gasteiger charge is 2.65. The lowest BCUT2D eigenvalue weighted by Gasteiger charge is -2.50. The van der Waals surface area contributed by atoms with Gasteiger partial charge in [0.15, 0.2) is 0 Å². The number of aryl methyl sites for hydroxylation is 1. The molecule has 0 saturated heterocycles. The van der Waals surface area contributed by atoms with Crippen LogP contribution < -0.4 is 11.2 Å². The molecule has 0 radical (unpaired) electrons. The molecule has 0 amide bonds. The number of aliphatic hydroxyl groups excluding tert-OH is 2. The zero-order chi connectivity index (χ0) is 14.4. The third kappa shape index (κ3) is 1.91. The van der Waals surface area contributed by atoms with Gasteiger partial charge in [0, 0.05) is 24.3 Å². The number of hydrogen-bond acceptors (Lipinski definition) is 4. The van der Waals surface area contributed by atoms with Crippen molar-refractivity contribution >= 4 is 0 Å². The van der Waals surface area contributed by atoms with Gasteiger partial charge in [0.05, 0.1) is 12.5 Å². The van der Waals surface area contributed by atoms with Gasteiger partial charge in [-0.25, -0.2) is 13.6 Å². The summed E-state index contributed by atoms with van der Waals surface area (Å²) in [5.41, 5.74) is -1.46. The van der Waals surface area contributed by atoms with Crippen LogP contribution in [0.25, 0.3) is 0 Å². The normalized spacial score (nSPS) is 29.0. The smallest absolute Gasteiger partial charge is 0.328 e. The maximum absolute atomic E-state index is 13.9. The van der Waals surface area contributed by atoms with Gasteiger partial charge in [-0.2, -0.15) is 0 Å². The lowest BCUT2D eigenvalue weighted by molar-refractivity contribution is -0.240. The van der Waals surface area contributed by atoms with E-state index in [4.69, 9.17) is 10.2 Å². The number of hydrogen-bond donors (Lipinski definition) is 3. The Morgan fingerprint density at radius 3 is 2.53 bits per heavy atom. The first-order chi connectivity index (χ1) is 8.84. The quantitative estimate of drug-likeness (QED) is 0.677. The Balaban J connectivity index is 2.50. The topological polar surface area (TPSA) is 95.3 Å². The van der Waals surface area contributed by atoms with Gasteiger partial charge in [-0.1, -0.05) is 0 Å². The van der Waals surface area contributed by atoms with Gasteiger partial charge < -0.3 is 10.2 Å². The fourth-order valence-electron chi connectivity index (χ4n) is 2.56. The molecule has 19 heavy (non-hydrogen) atoms. The minimum absolute atomic E-state index is 0.125. The Morgan fingerprint density at radius 1 is 1.37 bits per heavy atom. The summed E-state index contributed by atoms with van der Waals surface area (Å²) in [6.45, 7) is 0.0466. The van der Waals surface area contributed by atoms with E-state index in [0.29, 0.717) is 0 Å². The summed E-state index contributed by atoms with van der Waals surface area (Å²) in [7, 11) is 0. The maximum atomic E-state index is 13.9. The Kier molecular flexibility index (Phi) is 3.31. The van der Waals surface area contributed by atoms with Gasteiger partial charge >= 0.3 is 5.69 Å². The number of aromatic amines is 1. The predicted octanol–water partition coefficient (Wildman–Crippen LogP) is -0.748. The zero-order valence-corrected chi connectivity index (χ0v) is 10.1. The molecule has 1 aromatic rings. The largest absolute Gasteiger partial charge is 0.396 e. The molecule has 6 nitrogen and oxygen atoms in total. The number of nitrogens with one attached hydrogen (secondary N) is 1. The van der Waals surface area contributed by atoms with Crippen LogP contribution in [0.1, 0.15) is 11.6 Å². The van der Waals surface area contributed by atoms with Crippen LogP contribution >= 0.6 is 0 Å². The van der Waals surface area contributed by atoms with Crippen LogP contribution in [-0.2, 0) is 0 Å². The molecule has 1 aromatic heterocycles. The molecule has 3 unspecified atom stereocenters. The SMILES string of the molecule is Cc1cn(C2C(CO)C(CO)C2(F)F)c(=O)[nH]c1=O. The molecule has 8 heteroatoms. The minimum Gasteiger partial charge on any atom is -0.396 e. The van der Waals surface area contributed by atoms with Crippen LogP contribution in [0.3, 0.4) is 0 Å². The predicted molar refractivity (Wildman–Crippen MR) is 61.2 cm³/mol. The van der Waals surface area contributed by atoms with Crippen molar-refractivity contribution in [2.24, 2.45) is 11.8 Å². The lowest BCUT2D eigenvalue weighted by atomic mass is 9.66. The maximum Gasteiger partial charge on any atom is 0.328 e. The van der Waals surface area contributed by atoms with Gasteiger partial charge in [0.1, 0.15) is 6.04 Å². The van der Waals surface area contributed by atoms with E-state index in [-0.39, 0.29) is 5.56 Å². The Morgan fingerprint density at radius 2 is 2.00 bits per heavy atom. The summed E-state index contributed by atoms with van der Waals surface area (Å²) in [6, 6.07) is -1.56. The lowest BCUT2D eigenvalue weighted by Crippen LogP contribution is -2.62. The third-order valence-electron chi connectivity index (χ3n) is 3.66. The Bertz CT molecular complexity index is 595. The third-order valence-corrected chi connectivity index (χ3v) is 3.66. The second kappa shape index (κ2) is 4.53. The van der Waals surface area contributed by atoms with Crippen molar-refractivity contribution in [2.75, 3.05) is 13.2 Å². The van der Waals surface area contributed by atoms with Crippen LogP contribution in [0.4, 0.5) is 8.78 Å². The molecular formula is C11H14F2N2O4. The van der Waals surface area contributed by atoms with E-state index in [9.17, 15) is 18.4 Å². The van der Waals surface area contributed by atoms with Gasteiger partial charge in [-0.05, 0) is 6.92 Å². The summed E-state index contributed by atoms with van der Waals surface area (Å²) in [6.07, 6.45) is 1.05. The van der Waals surface area contributed by atoms with Gasteiger partial charge in [0.25, 0.3) is 11.5 Å². The summed E-state index contributed by atoms with van der Waals surface area (Å²) in [5, 5.41) is 18.1. The van der Waals surface area contributed by atoms with Crippen molar-refractivity contribution in [1.82, 2.24) is 9.55 Å². The zero-order valence-electron chi connectivity index (χ0n) is 10.1. The van der Waals surface area contributed by atoms with E-state index in [0.717, 1.165) is 10.8 Å². The molecule has 3 N–H and O–H groups in total. The molecular weight excluding hydrogens is 262 g/mol. The molecule has 3 atom stereocenters. The highest BCUT2D eigenvalue weighted by Crippen LogP contribution is 2.55. The summed E-state index contributed by atoms with van der Waals surface area (Å²) >= 11 is 0. The van der Waals surface area contributed by atoms with Crippen molar-refractivity contribution in [3.63, 3.8) is 0 Å². The fourth-order valence-corrected chi connectivity index (χ4v) is 2.56. The summed E-state index contributed by atoms with van der Waals surface area (Å²) in [5.74, 6) is -5.62. The minimum atomic E-state index is -3.31. The van der Waals surface area contributed by atoms with Crippen LogP contribution in [0, 0.1) is 18.8 Å². The number of H-pyrrole nitrogens is 1. The average molecular weight is 276 g/mol. The van der Waals surface area contributed by atoms with E-state index in [1.807, 2.05) is 4.98 Å². The van der Waals surface area contributed by atoms with Crippen LogP contribution in [0.2, 0.25) is 0 Å². The van der Waals surface area contributed by atoms with Gasteiger partial charge in [-0.3, -0.25) is 14.3 Å². The highest BCUT2D eigenvalue weighted by atomic mass is 19.3. The van der Waals surface area contributed by atoms with Crippen molar-refractivity contribution in [2.45, 2.75) is 18.9 Å². The van der Waals surface area contributed by atoms with Crippen LogP contribution in [0.5, 0.6) is 0 Å². The molecule has 0 aliphatic heterocycles. The second-order valence-electron chi connectivity index (χ2n) is 4.73. The van der Waals surface area contributed by atoms with E-state index >= 15 is 0 Å². The monoisotopic (exact) mass is 276 g/mol. The molecule has 1 aliphatic rings. The molecule has 2 rings (SSSR count). The highest BCUT2D eigenvalue weighted by molar-refractivity contribution is 5.10. The Hall–Kier alpha value is -1.54. The standard InChI is InChI=1S/C11H14F2N2O4/c1-5-2-15(10(19)14-9(5)18)8-6(3-16)7(4-17)11(8,12)13/h2,6-8,16-17H,3-4H2,1H3,(H,14,18,19). The molecule has 106 valence electrons. The van der Waals surface area contributed by atoms with Gasteiger partial charge in [-0.15, -0.1) is 0 Å². The fraction of sp³-hybridized carbons (Fsp3) is 0.636. The summed E-state index contributed by atoms with van der Waals surface area (Å²) in [4.78, 5) is 24.8. The van der Waals surface area contributed by atoms with Crippen molar-refractivity contribution in [3.8, 4) is 0 Å². The van der Waals surface area contributed by atoms with Crippen molar-refractivity contribution < 1.29 is 19.0 Å². The van der Waals surface area contributed by atoms with E-state index < -0.39 is 48.3 Å². The van der Waals surface area contributed by atoms with E-state index in [1.54, 1.807) is 0 Å². The number of nitrogens with zero attached hydrogens (tertiary/aromatic N) is 1. The van der Waals surface area contributed by atoms with E-state index in [1.165, 1.54) is 6.92 Å². The molecule has 1 fully saturated rings. The molecule has 0 aromatic carbocycles.